The van der Waals surface area contributed by atoms with Crippen LogP contribution < -0.4 is 63.6 Å². The second-order valence-corrected chi connectivity index (χ2v) is 10.2. The molecule has 0 saturated carbocycles. The number of hydrogen-bond donors (Lipinski definition) is 2. The standard InChI is InChI=1S/C20H23F3NO6P.2Na.2H/c1-18(2,3)17-16(28-10-19(17,4)5)11-6-7-12(14(8-11)30-31(25,26)27)13-9-15(29-24-13)20(21,22)23;;;;/h6-9H,10H2,1-5H3,(H2,25,26,27);;;;/q;2*+1;2*-1. The first-order valence-electron chi connectivity index (χ1n) is 9.31. The number of rotatable bonds is 4. The first kappa shape index (κ1) is 30.7. The van der Waals surface area contributed by atoms with Crippen molar-refractivity contribution in [1.82, 2.24) is 5.16 Å². The fraction of sp³-hybridized carbons (Fsp3) is 0.450. The topological polar surface area (TPSA) is 102 Å². The summed E-state index contributed by atoms with van der Waals surface area (Å²) in [5.41, 5.74) is 0.565. The molecule has 0 spiro atoms. The van der Waals surface area contributed by atoms with E-state index in [-0.39, 0.29) is 89.8 Å². The van der Waals surface area contributed by atoms with Gasteiger partial charge in [0.25, 0.3) is 0 Å². The minimum absolute atomic E-state index is 0. The van der Waals surface area contributed by atoms with Gasteiger partial charge in [-0.2, -0.15) is 13.2 Å². The molecule has 0 atom stereocenters. The third kappa shape index (κ3) is 7.12. The molecule has 0 bridgehead atoms. The maximum absolute atomic E-state index is 12.9. The Hall–Kier alpha value is -0.290. The molecule has 0 aliphatic carbocycles. The first-order chi connectivity index (χ1) is 14.0. The van der Waals surface area contributed by atoms with E-state index >= 15 is 0 Å². The van der Waals surface area contributed by atoms with Gasteiger partial charge < -0.3 is 16.6 Å². The van der Waals surface area contributed by atoms with Crippen molar-refractivity contribution in [3.05, 3.63) is 41.2 Å². The Morgan fingerprint density at radius 3 is 2.24 bits per heavy atom. The van der Waals surface area contributed by atoms with Crippen molar-refractivity contribution < 1.29 is 103 Å². The molecule has 0 saturated heterocycles. The average molecular weight is 509 g/mol. The van der Waals surface area contributed by atoms with Gasteiger partial charge >= 0.3 is 73.1 Å². The van der Waals surface area contributed by atoms with Crippen molar-refractivity contribution in [2.45, 2.75) is 40.8 Å². The van der Waals surface area contributed by atoms with Crippen LogP contribution in [0.2, 0.25) is 0 Å². The van der Waals surface area contributed by atoms with Crippen LogP contribution in [0.25, 0.3) is 17.0 Å². The van der Waals surface area contributed by atoms with E-state index in [1.165, 1.54) is 12.1 Å². The minimum atomic E-state index is -5.02. The fourth-order valence-electron chi connectivity index (χ4n) is 3.90. The van der Waals surface area contributed by atoms with Gasteiger partial charge in [-0.15, -0.1) is 0 Å². The summed E-state index contributed by atoms with van der Waals surface area (Å²) in [4.78, 5) is 18.6. The quantitative estimate of drug-likeness (QED) is 0.438. The number of nitrogens with zero attached hydrogens (tertiary/aromatic N) is 1. The zero-order chi connectivity index (χ0) is 23.4. The van der Waals surface area contributed by atoms with Gasteiger partial charge in [-0.05, 0) is 23.1 Å². The van der Waals surface area contributed by atoms with Crippen molar-refractivity contribution >= 4 is 13.6 Å². The van der Waals surface area contributed by atoms with Crippen LogP contribution in [0.5, 0.6) is 5.75 Å². The third-order valence-electron chi connectivity index (χ3n) is 4.76. The summed E-state index contributed by atoms with van der Waals surface area (Å²) in [6, 6.07) is 4.89. The largest absolute Gasteiger partial charge is 1.00 e. The summed E-state index contributed by atoms with van der Waals surface area (Å²) in [5, 5.41) is 3.38. The number of ether oxygens (including phenoxy) is 1. The molecule has 7 nitrogen and oxygen atoms in total. The molecule has 13 heteroatoms. The minimum Gasteiger partial charge on any atom is -1.00 e. The van der Waals surface area contributed by atoms with E-state index in [1.54, 1.807) is 6.07 Å². The number of alkyl halides is 3. The molecular formula is C20H25F3NNa2O6P. The molecule has 33 heavy (non-hydrogen) atoms. The Bertz CT molecular complexity index is 1100. The van der Waals surface area contributed by atoms with Crippen molar-refractivity contribution in [1.29, 1.82) is 0 Å². The molecule has 174 valence electrons. The molecule has 0 fully saturated rings. The Morgan fingerprint density at radius 1 is 1.15 bits per heavy atom. The first-order valence-corrected chi connectivity index (χ1v) is 10.8. The number of halogens is 3. The smallest absolute Gasteiger partial charge is 1.00 e. The summed E-state index contributed by atoms with van der Waals surface area (Å²) >= 11 is 0. The summed E-state index contributed by atoms with van der Waals surface area (Å²) in [6.45, 7) is 10.5. The van der Waals surface area contributed by atoms with E-state index < -0.39 is 19.8 Å². The van der Waals surface area contributed by atoms with Crippen LogP contribution in [0, 0.1) is 10.8 Å². The Balaban J connectivity index is 0. The van der Waals surface area contributed by atoms with Gasteiger partial charge in [-0.1, -0.05) is 45.8 Å². The molecule has 0 amide bonds. The molecule has 1 aromatic heterocycles. The van der Waals surface area contributed by atoms with Gasteiger partial charge in [0, 0.05) is 22.6 Å². The van der Waals surface area contributed by atoms with Crippen LogP contribution in [0.3, 0.4) is 0 Å². The third-order valence-corrected chi connectivity index (χ3v) is 5.19. The summed E-state index contributed by atoms with van der Waals surface area (Å²) < 4.78 is 65.2. The van der Waals surface area contributed by atoms with Crippen molar-refractivity contribution in [2.75, 3.05) is 6.61 Å². The van der Waals surface area contributed by atoms with E-state index in [0.29, 0.717) is 24.0 Å². The van der Waals surface area contributed by atoms with Crippen molar-refractivity contribution in [2.24, 2.45) is 10.8 Å². The summed E-state index contributed by atoms with van der Waals surface area (Å²) in [7, 11) is -5.02. The predicted molar refractivity (Wildman–Crippen MR) is 108 cm³/mol. The molecule has 1 aliphatic rings. The molecule has 2 N–H and O–H groups in total. The molecule has 0 radical (unpaired) electrons. The molecule has 1 aromatic carbocycles. The monoisotopic (exact) mass is 509 g/mol. The second kappa shape index (κ2) is 10.4. The SMILES string of the molecule is CC(C)(C)C1=C(c2ccc(-c3cc(C(F)(F)F)on3)c(OP(=O)(O)O)c2)OCC1(C)C.[H-].[H-].[Na+].[Na+]. The van der Waals surface area contributed by atoms with Crippen LogP contribution in [0.15, 0.2) is 34.4 Å². The summed E-state index contributed by atoms with van der Waals surface area (Å²) in [5.74, 6) is -1.15. The van der Waals surface area contributed by atoms with Gasteiger partial charge in [0.15, 0.2) is 0 Å². The molecular weight excluding hydrogens is 484 g/mol. The van der Waals surface area contributed by atoms with E-state index in [9.17, 15) is 27.5 Å². The van der Waals surface area contributed by atoms with Gasteiger partial charge in [0.05, 0.1) is 6.61 Å². The average Bonchev–Trinajstić information content (AvgIpc) is 3.16. The maximum atomic E-state index is 12.9. The molecule has 1 aliphatic heterocycles. The van der Waals surface area contributed by atoms with Crippen LogP contribution in [0.4, 0.5) is 13.2 Å². The van der Waals surface area contributed by atoms with Gasteiger partial charge in [-0.25, -0.2) is 4.57 Å². The number of aromatic nitrogens is 1. The van der Waals surface area contributed by atoms with Gasteiger partial charge in [-0.3, -0.25) is 9.79 Å². The van der Waals surface area contributed by atoms with Crippen molar-refractivity contribution in [3.63, 3.8) is 0 Å². The zero-order valence-electron chi connectivity index (χ0n) is 21.6. The number of hydrogen-bond acceptors (Lipinski definition) is 5. The predicted octanol–water partition coefficient (Wildman–Crippen LogP) is -0.122. The van der Waals surface area contributed by atoms with E-state index in [2.05, 4.69) is 9.68 Å². The molecule has 2 heterocycles. The maximum Gasteiger partial charge on any atom is 1.00 e. The van der Waals surface area contributed by atoms with Gasteiger partial charge in [0.2, 0.25) is 5.76 Å². The van der Waals surface area contributed by atoms with Gasteiger partial charge in [0.1, 0.15) is 17.2 Å². The molecule has 0 unspecified atom stereocenters. The number of phosphoric acid groups is 1. The van der Waals surface area contributed by atoms with Crippen LogP contribution in [-0.2, 0) is 15.5 Å². The van der Waals surface area contributed by atoms with Crippen LogP contribution >= 0.6 is 7.82 Å². The van der Waals surface area contributed by atoms with E-state index in [1.807, 2.05) is 34.6 Å². The van der Waals surface area contributed by atoms with Crippen LogP contribution in [0.1, 0.15) is 48.8 Å². The fourth-order valence-corrected chi connectivity index (χ4v) is 4.31. The van der Waals surface area contributed by atoms with Crippen molar-refractivity contribution in [3.8, 4) is 17.0 Å². The Labute approximate surface area is 236 Å². The Kier molecular flexibility index (Phi) is 9.66. The zero-order valence-corrected chi connectivity index (χ0v) is 24.5. The number of phosphoric ester groups is 1. The second-order valence-electron chi connectivity index (χ2n) is 8.99. The Morgan fingerprint density at radius 2 is 1.76 bits per heavy atom. The van der Waals surface area contributed by atoms with E-state index in [4.69, 9.17) is 9.26 Å². The molecule has 3 rings (SSSR count). The molecule has 2 aromatic rings. The normalized spacial score (nSPS) is 16.1. The van der Waals surface area contributed by atoms with E-state index in [0.717, 1.165) is 5.57 Å². The van der Waals surface area contributed by atoms with Crippen LogP contribution in [-0.4, -0.2) is 21.6 Å². The summed E-state index contributed by atoms with van der Waals surface area (Å²) in [6.07, 6.45) is -4.76. The number of benzene rings is 1.